The maximum atomic E-state index is 13.4. The maximum Gasteiger partial charge on any atom is 0.263 e. The number of carbonyl (C=O) groups is 1. The normalized spacial score (nSPS) is 16.8. The molecule has 7 heteroatoms. The Labute approximate surface area is 169 Å². The second-order valence-electron chi connectivity index (χ2n) is 8.47. The number of amides is 1. The SMILES string of the molecule is Cc1sc2nc(SC(C)C(=O)NC(C)(C)C)n(C3CCCC3)c(=O)c2c1C. The van der Waals surface area contributed by atoms with E-state index < -0.39 is 0 Å². The second-order valence-corrected chi connectivity index (χ2v) is 11.0. The highest BCUT2D eigenvalue weighted by Gasteiger charge is 2.28. The zero-order valence-electron chi connectivity index (χ0n) is 17.0. The predicted molar refractivity (Wildman–Crippen MR) is 114 cm³/mol. The molecule has 0 aliphatic heterocycles. The number of hydrogen-bond acceptors (Lipinski definition) is 5. The first-order chi connectivity index (χ1) is 12.6. The topological polar surface area (TPSA) is 64.0 Å². The lowest BCUT2D eigenvalue weighted by molar-refractivity contribution is -0.121. The van der Waals surface area contributed by atoms with Gasteiger partial charge < -0.3 is 5.32 Å². The number of fused-ring (bicyclic) bond motifs is 1. The number of nitrogens with zero attached hydrogens (tertiary/aromatic N) is 2. The average molecular weight is 408 g/mol. The van der Waals surface area contributed by atoms with Gasteiger partial charge in [-0.15, -0.1) is 11.3 Å². The summed E-state index contributed by atoms with van der Waals surface area (Å²) >= 11 is 2.96. The quantitative estimate of drug-likeness (QED) is 0.595. The molecule has 1 aliphatic carbocycles. The summed E-state index contributed by atoms with van der Waals surface area (Å²) in [4.78, 5) is 32.7. The molecule has 148 valence electrons. The van der Waals surface area contributed by atoms with E-state index in [1.807, 2.05) is 46.1 Å². The van der Waals surface area contributed by atoms with Gasteiger partial charge in [-0.25, -0.2) is 4.98 Å². The monoisotopic (exact) mass is 407 g/mol. The molecule has 1 aliphatic rings. The van der Waals surface area contributed by atoms with Crippen LogP contribution in [0.3, 0.4) is 0 Å². The lowest BCUT2D eigenvalue weighted by Gasteiger charge is -2.24. The molecule has 1 fully saturated rings. The third-order valence-electron chi connectivity index (χ3n) is 5.04. The van der Waals surface area contributed by atoms with E-state index in [-0.39, 0.29) is 28.3 Å². The largest absolute Gasteiger partial charge is 0.351 e. The van der Waals surface area contributed by atoms with Gasteiger partial charge in [-0.1, -0.05) is 24.6 Å². The van der Waals surface area contributed by atoms with Gasteiger partial charge in [0.05, 0.1) is 10.6 Å². The fourth-order valence-electron chi connectivity index (χ4n) is 3.54. The van der Waals surface area contributed by atoms with Crippen molar-refractivity contribution in [1.82, 2.24) is 14.9 Å². The molecule has 5 nitrogen and oxygen atoms in total. The van der Waals surface area contributed by atoms with Crippen LogP contribution in [0, 0.1) is 13.8 Å². The molecular weight excluding hydrogens is 378 g/mol. The van der Waals surface area contributed by atoms with Crippen LogP contribution in [0.1, 0.15) is 69.9 Å². The molecule has 1 N–H and O–H groups in total. The van der Waals surface area contributed by atoms with Crippen LogP contribution >= 0.6 is 23.1 Å². The summed E-state index contributed by atoms with van der Waals surface area (Å²) in [5.41, 5.74) is 0.810. The van der Waals surface area contributed by atoms with Crippen molar-refractivity contribution in [3.05, 3.63) is 20.8 Å². The van der Waals surface area contributed by atoms with Crippen molar-refractivity contribution in [2.24, 2.45) is 0 Å². The van der Waals surface area contributed by atoms with Crippen molar-refractivity contribution in [3.8, 4) is 0 Å². The van der Waals surface area contributed by atoms with Gasteiger partial charge in [-0.2, -0.15) is 0 Å². The summed E-state index contributed by atoms with van der Waals surface area (Å²) in [5, 5.41) is 4.13. The summed E-state index contributed by atoms with van der Waals surface area (Å²) < 4.78 is 1.88. The fraction of sp³-hybridized carbons (Fsp3) is 0.650. The van der Waals surface area contributed by atoms with Crippen LogP contribution < -0.4 is 10.9 Å². The van der Waals surface area contributed by atoms with Gasteiger partial charge in [0.2, 0.25) is 5.91 Å². The van der Waals surface area contributed by atoms with E-state index in [0.29, 0.717) is 5.16 Å². The fourth-order valence-corrected chi connectivity index (χ4v) is 5.59. The van der Waals surface area contributed by atoms with Crippen LogP contribution in [0.25, 0.3) is 10.2 Å². The van der Waals surface area contributed by atoms with Gasteiger partial charge in [0.1, 0.15) is 4.83 Å². The van der Waals surface area contributed by atoms with E-state index in [1.54, 1.807) is 11.3 Å². The van der Waals surface area contributed by atoms with Gasteiger partial charge in [0.15, 0.2) is 5.16 Å². The molecule has 0 aromatic carbocycles. The standard InChI is InChI=1S/C20H29N3O2S2/c1-11-12(2)26-17-15(11)18(25)23(14-9-7-8-10-14)19(21-17)27-13(3)16(24)22-20(4,5)6/h13-14H,7-10H2,1-6H3,(H,22,24). The van der Waals surface area contributed by atoms with Crippen molar-refractivity contribution < 1.29 is 4.79 Å². The van der Waals surface area contributed by atoms with Gasteiger partial charge in [0.25, 0.3) is 5.56 Å². The molecule has 1 atom stereocenters. The Hall–Kier alpha value is -1.34. The molecule has 2 aromatic heterocycles. The van der Waals surface area contributed by atoms with Crippen molar-refractivity contribution in [2.45, 2.75) is 89.2 Å². The first-order valence-electron chi connectivity index (χ1n) is 9.59. The molecule has 0 radical (unpaired) electrons. The van der Waals surface area contributed by atoms with Gasteiger partial charge in [-0.05, 0) is 59.9 Å². The zero-order chi connectivity index (χ0) is 19.9. The molecule has 3 rings (SSSR count). The lowest BCUT2D eigenvalue weighted by Crippen LogP contribution is -2.44. The number of nitrogens with one attached hydrogen (secondary N) is 1. The number of carbonyl (C=O) groups excluding carboxylic acids is 1. The first kappa shape index (κ1) is 20.4. The van der Waals surface area contributed by atoms with E-state index in [9.17, 15) is 9.59 Å². The molecular formula is C20H29N3O2S2. The van der Waals surface area contributed by atoms with Crippen molar-refractivity contribution in [2.75, 3.05) is 0 Å². The van der Waals surface area contributed by atoms with E-state index in [1.165, 1.54) is 11.8 Å². The van der Waals surface area contributed by atoms with Crippen LogP contribution in [0.15, 0.2) is 9.95 Å². The predicted octanol–water partition coefficient (Wildman–Crippen LogP) is 4.59. The minimum Gasteiger partial charge on any atom is -0.351 e. The number of thiophene rings is 1. The molecule has 1 saturated carbocycles. The van der Waals surface area contributed by atoms with Gasteiger partial charge in [0, 0.05) is 16.5 Å². The Morgan fingerprint density at radius 3 is 2.52 bits per heavy atom. The molecule has 1 amide bonds. The summed E-state index contributed by atoms with van der Waals surface area (Å²) in [5.74, 6) is -0.0293. The maximum absolute atomic E-state index is 13.4. The number of thioether (sulfide) groups is 1. The van der Waals surface area contributed by atoms with Crippen LogP contribution in [-0.2, 0) is 4.79 Å². The number of aryl methyl sites for hydroxylation is 2. The molecule has 2 heterocycles. The summed E-state index contributed by atoms with van der Waals surface area (Å²) in [6.45, 7) is 11.8. The van der Waals surface area contributed by atoms with Crippen molar-refractivity contribution in [1.29, 1.82) is 0 Å². The smallest absolute Gasteiger partial charge is 0.263 e. The molecule has 2 aromatic rings. The molecule has 27 heavy (non-hydrogen) atoms. The summed E-state index contributed by atoms with van der Waals surface area (Å²) in [7, 11) is 0. The van der Waals surface area contributed by atoms with E-state index in [2.05, 4.69) is 5.32 Å². The Bertz CT molecular complexity index is 918. The highest BCUT2D eigenvalue weighted by atomic mass is 32.2. The molecule has 0 saturated heterocycles. The molecule has 1 unspecified atom stereocenters. The van der Waals surface area contributed by atoms with Crippen molar-refractivity contribution in [3.63, 3.8) is 0 Å². The highest BCUT2D eigenvalue weighted by molar-refractivity contribution is 8.00. The Balaban J connectivity index is 2.04. The summed E-state index contributed by atoms with van der Waals surface area (Å²) in [6, 6.07) is 0.189. The number of aromatic nitrogens is 2. The lowest BCUT2D eigenvalue weighted by atomic mass is 10.1. The highest BCUT2D eigenvalue weighted by Crippen LogP contribution is 2.35. The molecule has 0 spiro atoms. The first-order valence-corrected chi connectivity index (χ1v) is 11.3. The van der Waals surface area contributed by atoms with E-state index in [4.69, 9.17) is 4.98 Å². The van der Waals surface area contributed by atoms with Crippen LogP contribution in [0.4, 0.5) is 0 Å². The summed E-state index contributed by atoms with van der Waals surface area (Å²) in [6.07, 6.45) is 4.29. The van der Waals surface area contributed by atoms with Crippen LogP contribution in [0.5, 0.6) is 0 Å². The van der Waals surface area contributed by atoms with Gasteiger partial charge in [-0.3, -0.25) is 14.2 Å². The zero-order valence-corrected chi connectivity index (χ0v) is 18.6. The number of hydrogen-bond donors (Lipinski definition) is 1. The minimum atomic E-state index is -0.316. The second kappa shape index (κ2) is 7.59. The third-order valence-corrected chi connectivity index (χ3v) is 7.21. The third kappa shape index (κ3) is 4.24. The van der Waals surface area contributed by atoms with Crippen LogP contribution in [0.2, 0.25) is 0 Å². The van der Waals surface area contributed by atoms with Gasteiger partial charge >= 0.3 is 0 Å². The Morgan fingerprint density at radius 1 is 1.30 bits per heavy atom. The van der Waals surface area contributed by atoms with E-state index in [0.717, 1.165) is 46.3 Å². The number of rotatable bonds is 4. The Morgan fingerprint density at radius 2 is 1.93 bits per heavy atom. The average Bonchev–Trinajstić information content (AvgIpc) is 3.15. The van der Waals surface area contributed by atoms with Crippen molar-refractivity contribution >= 4 is 39.2 Å². The minimum absolute atomic E-state index is 0.0293. The van der Waals surface area contributed by atoms with Crippen LogP contribution in [-0.4, -0.2) is 26.2 Å². The Kier molecular flexibility index (Phi) is 5.73. The molecule has 0 bridgehead atoms. The van der Waals surface area contributed by atoms with E-state index >= 15 is 0 Å².